The summed E-state index contributed by atoms with van der Waals surface area (Å²) in [5, 5.41) is 8.04. The standard InChI is InChI=1S/C28H33N9O/c1-2-34-12-14-36(15-13-34)28-30-21-37(33-28)24-8-6-23(7-9-24)31-27-29-11-10-26(32-27)22-4-3-5-25(20-22)35-16-18-38-19-17-35/h3-11,20-21H,2,12-19H2,1H3,(H,29,31,32). The number of hydrogen-bond acceptors (Lipinski definition) is 9. The maximum Gasteiger partial charge on any atom is 0.245 e. The number of aromatic nitrogens is 5. The Labute approximate surface area is 222 Å². The summed E-state index contributed by atoms with van der Waals surface area (Å²) in [6.45, 7) is 10.6. The molecule has 2 aliphatic heterocycles. The van der Waals surface area contributed by atoms with E-state index in [0.29, 0.717) is 5.95 Å². The van der Waals surface area contributed by atoms with Crippen LogP contribution in [0.3, 0.4) is 0 Å². The number of nitrogens with zero attached hydrogens (tertiary/aromatic N) is 8. The van der Waals surface area contributed by atoms with E-state index in [-0.39, 0.29) is 0 Å². The van der Waals surface area contributed by atoms with Gasteiger partial charge in [0.25, 0.3) is 0 Å². The van der Waals surface area contributed by atoms with Crippen LogP contribution < -0.4 is 15.1 Å². The zero-order valence-corrected chi connectivity index (χ0v) is 21.7. The summed E-state index contributed by atoms with van der Waals surface area (Å²) in [4.78, 5) is 20.8. The van der Waals surface area contributed by atoms with E-state index in [0.717, 1.165) is 87.6 Å². The maximum absolute atomic E-state index is 5.49. The number of hydrogen-bond donors (Lipinski definition) is 1. The normalized spacial score (nSPS) is 16.6. The van der Waals surface area contributed by atoms with Crippen molar-refractivity contribution in [2.45, 2.75) is 6.92 Å². The number of ether oxygens (including phenoxy) is 1. The number of anilines is 4. The van der Waals surface area contributed by atoms with E-state index in [1.54, 1.807) is 12.5 Å². The van der Waals surface area contributed by atoms with Crippen LogP contribution in [0.25, 0.3) is 16.9 Å². The van der Waals surface area contributed by atoms with Crippen LogP contribution in [0.15, 0.2) is 67.1 Å². The molecule has 0 spiro atoms. The molecular weight excluding hydrogens is 478 g/mol. The summed E-state index contributed by atoms with van der Waals surface area (Å²) < 4.78 is 7.32. The maximum atomic E-state index is 5.49. The number of rotatable bonds is 7. The molecule has 2 aliphatic rings. The van der Waals surface area contributed by atoms with Gasteiger partial charge >= 0.3 is 0 Å². The van der Waals surface area contributed by atoms with Gasteiger partial charge in [-0.1, -0.05) is 19.1 Å². The zero-order valence-electron chi connectivity index (χ0n) is 21.7. The van der Waals surface area contributed by atoms with E-state index < -0.39 is 0 Å². The molecule has 0 unspecified atom stereocenters. The highest BCUT2D eigenvalue weighted by Gasteiger charge is 2.19. The first kappa shape index (κ1) is 24.3. The first-order valence-corrected chi connectivity index (χ1v) is 13.3. The number of nitrogens with one attached hydrogen (secondary N) is 1. The van der Waals surface area contributed by atoms with E-state index in [2.05, 4.69) is 61.2 Å². The molecule has 38 heavy (non-hydrogen) atoms. The molecule has 0 radical (unpaired) electrons. The Kier molecular flexibility index (Phi) is 7.14. The van der Waals surface area contributed by atoms with Gasteiger partial charge in [-0.15, -0.1) is 5.10 Å². The lowest BCUT2D eigenvalue weighted by Crippen LogP contribution is -2.46. The largest absolute Gasteiger partial charge is 0.378 e. The van der Waals surface area contributed by atoms with Gasteiger partial charge in [0.1, 0.15) is 6.33 Å². The summed E-state index contributed by atoms with van der Waals surface area (Å²) in [7, 11) is 0. The molecule has 10 nitrogen and oxygen atoms in total. The molecule has 0 aliphatic carbocycles. The minimum absolute atomic E-state index is 0.557. The molecule has 2 aromatic heterocycles. The molecule has 4 heterocycles. The SMILES string of the molecule is CCN1CCN(c2ncn(-c3ccc(Nc4nccc(-c5cccc(N6CCOCC6)c5)n4)cc3)n2)CC1. The van der Waals surface area contributed by atoms with E-state index in [9.17, 15) is 0 Å². The highest BCUT2D eigenvalue weighted by molar-refractivity contribution is 5.67. The van der Waals surface area contributed by atoms with Crippen molar-refractivity contribution in [2.24, 2.45) is 0 Å². The summed E-state index contributed by atoms with van der Waals surface area (Å²) in [5.41, 5.74) is 4.99. The van der Waals surface area contributed by atoms with E-state index in [1.807, 2.05) is 35.0 Å². The molecule has 6 rings (SSSR count). The predicted octanol–water partition coefficient (Wildman–Crippen LogP) is 3.45. The number of piperazine rings is 1. The van der Waals surface area contributed by atoms with Gasteiger partial charge < -0.3 is 24.8 Å². The van der Waals surface area contributed by atoms with E-state index in [4.69, 9.17) is 14.8 Å². The average Bonchev–Trinajstić information content (AvgIpc) is 3.49. The minimum Gasteiger partial charge on any atom is -0.378 e. The van der Waals surface area contributed by atoms with Crippen molar-refractivity contribution in [3.8, 4) is 16.9 Å². The van der Waals surface area contributed by atoms with Crippen LogP contribution in [0.4, 0.5) is 23.3 Å². The fraction of sp³-hybridized carbons (Fsp3) is 0.357. The van der Waals surface area contributed by atoms with Crippen LogP contribution in [0.2, 0.25) is 0 Å². The molecule has 0 bridgehead atoms. The predicted molar refractivity (Wildman–Crippen MR) is 149 cm³/mol. The molecule has 2 saturated heterocycles. The van der Waals surface area contributed by atoms with Crippen molar-refractivity contribution in [2.75, 3.05) is 74.1 Å². The van der Waals surface area contributed by atoms with Gasteiger partial charge in [0.15, 0.2) is 0 Å². The molecule has 4 aromatic rings. The van der Waals surface area contributed by atoms with Crippen molar-refractivity contribution < 1.29 is 4.74 Å². The third kappa shape index (κ3) is 5.46. The number of benzene rings is 2. The van der Waals surface area contributed by atoms with Crippen LogP contribution in [0.1, 0.15) is 6.92 Å². The third-order valence-electron chi connectivity index (χ3n) is 7.14. The van der Waals surface area contributed by atoms with Gasteiger partial charge in [-0.25, -0.2) is 14.6 Å². The second-order valence-electron chi connectivity index (χ2n) is 9.50. The number of likely N-dealkylation sites (N-methyl/N-ethyl adjacent to an activating group) is 1. The Morgan fingerprint density at radius 3 is 2.45 bits per heavy atom. The summed E-state index contributed by atoms with van der Waals surface area (Å²) in [5.74, 6) is 1.34. The molecule has 0 atom stereocenters. The fourth-order valence-corrected chi connectivity index (χ4v) is 4.88. The lowest BCUT2D eigenvalue weighted by atomic mass is 10.1. The Bertz CT molecular complexity index is 1340. The summed E-state index contributed by atoms with van der Waals surface area (Å²) in [6, 6.07) is 18.5. The molecular formula is C28H33N9O. The Morgan fingerprint density at radius 2 is 1.66 bits per heavy atom. The van der Waals surface area contributed by atoms with Crippen molar-refractivity contribution in [3.05, 3.63) is 67.1 Å². The molecule has 196 valence electrons. The number of morpholine rings is 1. The van der Waals surface area contributed by atoms with E-state index in [1.165, 1.54) is 5.69 Å². The highest BCUT2D eigenvalue weighted by atomic mass is 16.5. The fourth-order valence-electron chi connectivity index (χ4n) is 4.88. The zero-order chi connectivity index (χ0) is 25.7. The van der Waals surface area contributed by atoms with Gasteiger partial charge in [0, 0.05) is 62.4 Å². The second-order valence-corrected chi connectivity index (χ2v) is 9.50. The summed E-state index contributed by atoms with van der Waals surface area (Å²) in [6.07, 6.45) is 3.57. The Morgan fingerprint density at radius 1 is 0.842 bits per heavy atom. The van der Waals surface area contributed by atoms with Crippen molar-refractivity contribution >= 4 is 23.3 Å². The topological polar surface area (TPSA) is 87.5 Å². The van der Waals surface area contributed by atoms with Crippen LogP contribution >= 0.6 is 0 Å². The van der Waals surface area contributed by atoms with E-state index >= 15 is 0 Å². The van der Waals surface area contributed by atoms with Crippen LogP contribution in [0.5, 0.6) is 0 Å². The van der Waals surface area contributed by atoms with Gasteiger partial charge in [-0.2, -0.15) is 4.98 Å². The summed E-state index contributed by atoms with van der Waals surface area (Å²) >= 11 is 0. The molecule has 1 N–H and O–H groups in total. The highest BCUT2D eigenvalue weighted by Crippen LogP contribution is 2.25. The molecule has 10 heteroatoms. The minimum atomic E-state index is 0.557. The van der Waals surface area contributed by atoms with Crippen molar-refractivity contribution in [1.82, 2.24) is 29.6 Å². The smallest absolute Gasteiger partial charge is 0.245 e. The van der Waals surface area contributed by atoms with Gasteiger partial charge in [0.2, 0.25) is 11.9 Å². The monoisotopic (exact) mass is 511 g/mol. The average molecular weight is 512 g/mol. The van der Waals surface area contributed by atoms with Gasteiger partial charge in [0.05, 0.1) is 24.6 Å². The third-order valence-corrected chi connectivity index (χ3v) is 7.14. The van der Waals surface area contributed by atoms with Gasteiger partial charge in [-0.05, 0) is 49.0 Å². The Balaban J connectivity index is 1.12. The molecule has 2 fully saturated rings. The lowest BCUT2D eigenvalue weighted by molar-refractivity contribution is 0.122. The first-order chi connectivity index (χ1) is 18.7. The van der Waals surface area contributed by atoms with Crippen LogP contribution in [-0.4, -0.2) is 88.7 Å². The second kappa shape index (κ2) is 11.2. The first-order valence-electron chi connectivity index (χ1n) is 13.3. The van der Waals surface area contributed by atoms with Crippen molar-refractivity contribution in [1.29, 1.82) is 0 Å². The Hall–Kier alpha value is -4.02. The van der Waals surface area contributed by atoms with Crippen LogP contribution in [0, 0.1) is 0 Å². The lowest BCUT2D eigenvalue weighted by Gasteiger charge is -2.33. The van der Waals surface area contributed by atoms with Crippen LogP contribution in [-0.2, 0) is 4.74 Å². The van der Waals surface area contributed by atoms with Crippen molar-refractivity contribution in [3.63, 3.8) is 0 Å². The van der Waals surface area contributed by atoms with Gasteiger partial charge in [-0.3, -0.25) is 0 Å². The molecule has 0 amide bonds. The molecule has 2 aromatic carbocycles. The molecule has 0 saturated carbocycles. The quantitative estimate of drug-likeness (QED) is 0.401.